The first kappa shape index (κ1) is 18.3. The van der Waals surface area contributed by atoms with Crippen molar-refractivity contribution in [1.82, 2.24) is 19.7 Å². The van der Waals surface area contributed by atoms with Crippen molar-refractivity contribution in [2.24, 2.45) is 0 Å². The molecule has 0 N–H and O–H groups in total. The third-order valence-electron chi connectivity index (χ3n) is 5.27. The molecule has 0 bridgehead atoms. The summed E-state index contributed by atoms with van der Waals surface area (Å²) in [6, 6.07) is 3.98. The van der Waals surface area contributed by atoms with Crippen LogP contribution < -0.4 is 0 Å². The van der Waals surface area contributed by atoms with Crippen LogP contribution >= 0.6 is 0 Å². The average Bonchev–Trinajstić information content (AvgIpc) is 2.67. The molecule has 0 unspecified atom stereocenters. The molecule has 2 saturated heterocycles. The van der Waals surface area contributed by atoms with Crippen LogP contribution in [-0.4, -0.2) is 91.2 Å². The number of carbonyl (C=O) groups excluding carboxylic acids is 1. The van der Waals surface area contributed by atoms with Gasteiger partial charge >= 0.3 is 0 Å². The van der Waals surface area contributed by atoms with Crippen LogP contribution in [0.4, 0.5) is 0 Å². The lowest BCUT2D eigenvalue weighted by molar-refractivity contribution is 0.0276. The average molecular weight is 346 g/mol. The second kappa shape index (κ2) is 9.27. The number of hydrogen-bond acceptors (Lipinski definition) is 5. The van der Waals surface area contributed by atoms with Crippen molar-refractivity contribution in [1.29, 1.82) is 0 Å². The maximum absolute atomic E-state index is 13.0. The molecule has 0 spiro atoms. The van der Waals surface area contributed by atoms with Gasteiger partial charge in [-0.2, -0.15) is 0 Å². The Hall–Kier alpha value is -1.50. The molecule has 0 radical (unpaired) electrons. The molecule has 2 fully saturated rings. The van der Waals surface area contributed by atoms with Crippen LogP contribution in [0.2, 0.25) is 0 Å². The molecule has 2 aliphatic heterocycles. The molecular formula is C19H30N4O2. The number of pyridine rings is 1. The van der Waals surface area contributed by atoms with Gasteiger partial charge in [0.1, 0.15) is 0 Å². The topological polar surface area (TPSA) is 48.9 Å². The van der Waals surface area contributed by atoms with Gasteiger partial charge in [0.25, 0.3) is 5.91 Å². The Morgan fingerprint density at radius 2 is 2.04 bits per heavy atom. The maximum Gasteiger partial charge on any atom is 0.255 e. The zero-order chi connectivity index (χ0) is 17.5. The van der Waals surface area contributed by atoms with E-state index in [4.69, 9.17) is 4.74 Å². The smallest absolute Gasteiger partial charge is 0.255 e. The normalized spacial score (nSPS) is 20.5. The Balaban J connectivity index is 1.57. The van der Waals surface area contributed by atoms with Crippen LogP contribution in [0.3, 0.4) is 0 Å². The summed E-state index contributed by atoms with van der Waals surface area (Å²) in [4.78, 5) is 24.1. The van der Waals surface area contributed by atoms with Crippen LogP contribution in [0, 0.1) is 0 Å². The van der Waals surface area contributed by atoms with Crippen LogP contribution in [0.25, 0.3) is 0 Å². The van der Waals surface area contributed by atoms with E-state index in [-0.39, 0.29) is 11.9 Å². The third-order valence-corrected chi connectivity index (χ3v) is 5.27. The second-order valence-electron chi connectivity index (χ2n) is 7.08. The number of carbonyl (C=O) groups is 1. The Kier molecular flexibility index (Phi) is 6.78. The van der Waals surface area contributed by atoms with Gasteiger partial charge in [0.05, 0.1) is 5.56 Å². The summed E-state index contributed by atoms with van der Waals surface area (Å²) in [5.74, 6) is 0.110. The molecule has 138 valence electrons. The predicted molar refractivity (Wildman–Crippen MR) is 97.7 cm³/mol. The van der Waals surface area contributed by atoms with Gasteiger partial charge in [-0.05, 0) is 45.0 Å². The van der Waals surface area contributed by atoms with Crippen molar-refractivity contribution in [2.45, 2.75) is 25.3 Å². The van der Waals surface area contributed by atoms with Crippen molar-refractivity contribution >= 4 is 5.91 Å². The summed E-state index contributed by atoms with van der Waals surface area (Å²) in [7, 11) is 2.18. The Bertz CT molecular complexity index is 525. The Morgan fingerprint density at radius 3 is 2.72 bits per heavy atom. The highest BCUT2D eigenvalue weighted by Crippen LogP contribution is 2.18. The molecule has 6 nitrogen and oxygen atoms in total. The van der Waals surface area contributed by atoms with Crippen molar-refractivity contribution in [3.8, 4) is 0 Å². The van der Waals surface area contributed by atoms with Gasteiger partial charge in [-0.15, -0.1) is 0 Å². The van der Waals surface area contributed by atoms with Gasteiger partial charge < -0.3 is 19.4 Å². The van der Waals surface area contributed by atoms with Gasteiger partial charge in [-0.25, -0.2) is 0 Å². The molecule has 2 aliphatic rings. The van der Waals surface area contributed by atoms with E-state index >= 15 is 0 Å². The van der Waals surface area contributed by atoms with E-state index in [2.05, 4.69) is 26.7 Å². The van der Waals surface area contributed by atoms with Crippen LogP contribution in [0.5, 0.6) is 0 Å². The van der Waals surface area contributed by atoms with Gasteiger partial charge in [-0.3, -0.25) is 9.78 Å². The largest absolute Gasteiger partial charge is 0.381 e. The van der Waals surface area contributed by atoms with Crippen LogP contribution in [-0.2, 0) is 4.74 Å². The predicted octanol–water partition coefficient (Wildman–Crippen LogP) is 1.34. The molecule has 0 aromatic carbocycles. The highest BCUT2D eigenvalue weighted by atomic mass is 16.5. The number of nitrogens with zero attached hydrogens (tertiary/aromatic N) is 4. The number of piperazine rings is 1. The number of likely N-dealkylation sites (N-methyl/N-ethyl adjacent to an activating group) is 1. The van der Waals surface area contributed by atoms with Crippen molar-refractivity contribution in [2.75, 3.05) is 59.5 Å². The van der Waals surface area contributed by atoms with Crippen LogP contribution in [0.1, 0.15) is 29.6 Å². The lowest BCUT2D eigenvalue weighted by Gasteiger charge is -2.36. The second-order valence-corrected chi connectivity index (χ2v) is 7.08. The van der Waals surface area contributed by atoms with Gasteiger partial charge in [0.2, 0.25) is 0 Å². The van der Waals surface area contributed by atoms with E-state index in [1.807, 2.05) is 12.1 Å². The fourth-order valence-electron chi connectivity index (χ4n) is 3.64. The number of aromatic nitrogens is 1. The minimum Gasteiger partial charge on any atom is -0.381 e. The summed E-state index contributed by atoms with van der Waals surface area (Å²) in [5, 5.41) is 0. The lowest BCUT2D eigenvalue weighted by atomic mass is 10.1. The minimum atomic E-state index is 0.110. The van der Waals surface area contributed by atoms with E-state index in [0.717, 1.165) is 71.7 Å². The van der Waals surface area contributed by atoms with Crippen molar-refractivity contribution in [3.63, 3.8) is 0 Å². The summed E-state index contributed by atoms with van der Waals surface area (Å²) >= 11 is 0. The summed E-state index contributed by atoms with van der Waals surface area (Å²) < 4.78 is 5.48. The summed E-state index contributed by atoms with van der Waals surface area (Å²) in [5.41, 5.74) is 0.689. The molecule has 0 atom stereocenters. The first-order valence-corrected chi connectivity index (χ1v) is 9.43. The first-order chi connectivity index (χ1) is 12.2. The third kappa shape index (κ3) is 5.23. The fourth-order valence-corrected chi connectivity index (χ4v) is 3.64. The number of rotatable bonds is 6. The molecule has 1 aromatic rings. The lowest BCUT2D eigenvalue weighted by Crippen LogP contribution is -2.47. The molecular weight excluding hydrogens is 316 g/mol. The van der Waals surface area contributed by atoms with E-state index in [0.29, 0.717) is 5.56 Å². The molecule has 6 heteroatoms. The Labute approximate surface area is 150 Å². The number of hydrogen-bond donors (Lipinski definition) is 0. The quantitative estimate of drug-likeness (QED) is 0.778. The minimum absolute atomic E-state index is 0.110. The first-order valence-electron chi connectivity index (χ1n) is 9.43. The van der Waals surface area contributed by atoms with Gasteiger partial charge in [0, 0.05) is 64.4 Å². The highest BCUT2D eigenvalue weighted by molar-refractivity contribution is 5.94. The molecule has 1 aromatic heterocycles. The zero-order valence-corrected chi connectivity index (χ0v) is 15.3. The summed E-state index contributed by atoms with van der Waals surface area (Å²) in [6.45, 7) is 7.91. The zero-order valence-electron chi connectivity index (χ0n) is 15.3. The molecule has 0 aliphatic carbocycles. The SMILES string of the molecule is CN1CCN(CCCN(C(=O)c2cccnc2)C2CCOCC2)CC1. The number of ether oxygens (including phenoxy) is 1. The monoisotopic (exact) mass is 346 g/mol. The molecule has 1 amide bonds. The molecule has 3 rings (SSSR count). The fraction of sp³-hybridized carbons (Fsp3) is 0.684. The molecule has 3 heterocycles. The summed E-state index contributed by atoms with van der Waals surface area (Å²) in [6.07, 6.45) is 6.27. The maximum atomic E-state index is 13.0. The van der Waals surface area contributed by atoms with Gasteiger partial charge in [-0.1, -0.05) is 0 Å². The van der Waals surface area contributed by atoms with Gasteiger partial charge in [0.15, 0.2) is 0 Å². The standard InChI is InChI=1S/C19H30N4O2/c1-21-10-12-22(13-11-21)8-3-9-23(18-5-14-25-15-6-18)19(24)17-4-2-7-20-16-17/h2,4,7,16,18H,3,5-6,8-15H2,1H3. The van der Waals surface area contributed by atoms with Crippen molar-refractivity contribution < 1.29 is 9.53 Å². The Morgan fingerprint density at radius 1 is 1.28 bits per heavy atom. The molecule has 25 heavy (non-hydrogen) atoms. The van der Waals surface area contributed by atoms with Crippen molar-refractivity contribution in [3.05, 3.63) is 30.1 Å². The number of amides is 1. The molecule has 0 saturated carbocycles. The highest BCUT2D eigenvalue weighted by Gasteiger charge is 2.26. The van der Waals surface area contributed by atoms with E-state index in [1.54, 1.807) is 12.4 Å². The van der Waals surface area contributed by atoms with E-state index in [9.17, 15) is 4.79 Å². The van der Waals surface area contributed by atoms with Crippen LogP contribution in [0.15, 0.2) is 24.5 Å². The van der Waals surface area contributed by atoms with E-state index < -0.39 is 0 Å². The van der Waals surface area contributed by atoms with E-state index in [1.165, 1.54) is 0 Å².